The number of ether oxygens (including phenoxy) is 1. The minimum absolute atomic E-state index is 0.726. The highest BCUT2D eigenvalue weighted by Crippen LogP contribution is 2.30. The largest absolute Gasteiger partial charge is 0.494 e. The summed E-state index contributed by atoms with van der Waals surface area (Å²) in [6.07, 6.45) is 3.30. The van der Waals surface area contributed by atoms with Crippen molar-refractivity contribution in [2.75, 3.05) is 7.11 Å². The van der Waals surface area contributed by atoms with E-state index in [0.29, 0.717) is 0 Å². The smallest absolute Gasteiger partial charge is 0.147 e. The van der Waals surface area contributed by atoms with Gasteiger partial charge in [0.1, 0.15) is 17.2 Å². The molecule has 0 atom stereocenters. The minimum Gasteiger partial charge on any atom is -0.494 e. The van der Waals surface area contributed by atoms with Crippen molar-refractivity contribution in [1.82, 2.24) is 0 Å². The van der Waals surface area contributed by atoms with Crippen LogP contribution in [0, 0.1) is 6.92 Å². The standard InChI is InChI=1S/C13H13NO2/c1-10-5-3-7-12(13(10)15-2)14-9-11-6-4-8-16-11/h3-9H,1-2H3/b14-9+. The van der Waals surface area contributed by atoms with Gasteiger partial charge in [-0.25, -0.2) is 4.99 Å². The van der Waals surface area contributed by atoms with Gasteiger partial charge in [0.2, 0.25) is 0 Å². The third-order valence-electron chi connectivity index (χ3n) is 2.27. The first-order valence-corrected chi connectivity index (χ1v) is 5.02. The van der Waals surface area contributed by atoms with Gasteiger partial charge in [-0.3, -0.25) is 0 Å². The molecule has 0 fully saturated rings. The van der Waals surface area contributed by atoms with E-state index in [1.807, 2.05) is 37.3 Å². The minimum atomic E-state index is 0.726. The number of hydrogen-bond acceptors (Lipinski definition) is 3. The molecule has 0 amide bonds. The summed E-state index contributed by atoms with van der Waals surface area (Å²) in [4.78, 5) is 4.34. The van der Waals surface area contributed by atoms with Crippen LogP contribution in [-0.2, 0) is 0 Å². The zero-order chi connectivity index (χ0) is 11.4. The van der Waals surface area contributed by atoms with Crippen LogP contribution < -0.4 is 4.74 Å². The normalized spacial score (nSPS) is 10.9. The lowest BCUT2D eigenvalue weighted by Gasteiger charge is -2.06. The van der Waals surface area contributed by atoms with E-state index in [-0.39, 0.29) is 0 Å². The van der Waals surface area contributed by atoms with Crippen LogP contribution in [0.3, 0.4) is 0 Å². The Morgan fingerprint density at radius 2 is 2.12 bits per heavy atom. The van der Waals surface area contributed by atoms with E-state index in [1.54, 1.807) is 19.6 Å². The third-order valence-corrected chi connectivity index (χ3v) is 2.27. The van der Waals surface area contributed by atoms with E-state index < -0.39 is 0 Å². The van der Waals surface area contributed by atoms with Gasteiger partial charge in [0.05, 0.1) is 19.6 Å². The highest BCUT2D eigenvalue weighted by atomic mass is 16.5. The topological polar surface area (TPSA) is 34.7 Å². The van der Waals surface area contributed by atoms with Crippen molar-refractivity contribution < 1.29 is 9.15 Å². The molecule has 2 rings (SSSR count). The van der Waals surface area contributed by atoms with Crippen molar-refractivity contribution in [2.45, 2.75) is 6.92 Å². The maximum atomic E-state index is 5.30. The Hall–Kier alpha value is -2.03. The van der Waals surface area contributed by atoms with Crippen LogP contribution in [0.25, 0.3) is 0 Å². The first-order valence-electron chi connectivity index (χ1n) is 5.02. The average Bonchev–Trinajstić information content (AvgIpc) is 2.79. The molecule has 1 aromatic heterocycles. The Labute approximate surface area is 94.4 Å². The van der Waals surface area contributed by atoms with Gasteiger partial charge in [-0.05, 0) is 30.7 Å². The summed E-state index contributed by atoms with van der Waals surface area (Å²) in [5, 5.41) is 0. The fourth-order valence-corrected chi connectivity index (χ4v) is 1.50. The van der Waals surface area contributed by atoms with Gasteiger partial charge >= 0.3 is 0 Å². The summed E-state index contributed by atoms with van der Waals surface area (Å²) in [5.41, 5.74) is 1.87. The Bertz CT molecular complexity index is 487. The van der Waals surface area contributed by atoms with Crippen LogP contribution in [0.15, 0.2) is 46.0 Å². The fourth-order valence-electron chi connectivity index (χ4n) is 1.50. The molecular weight excluding hydrogens is 202 g/mol. The van der Waals surface area contributed by atoms with E-state index in [9.17, 15) is 0 Å². The number of rotatable bonds is 3. The molecule has 0 bridgehead atoms. The van der Waals surface area contributed by atoms with Crippen molar-refractivity contribution in [3.05, 3.63) is 47.9 Å². The number of hydrogen-bond donors (Lipinski definition) is 0. The fraction of sp³-hybridized carbons (Fsp3) is 0.154. The van der Waals surface area contributed by atoms with E-state index >= 15 is 0 Å². The zero-order valence-corrected chi connectivity index (χ0v) is 9.31. The number of benzene rings is 1. The van der Waals surface area contributed by atoms with Gasteiger partial charge in [0.25, 0.3) is 0 Å². The van der Waals surface area contributed by atoms with E-state index in [1.165, 1.54) is 0 Å². The molecule has 82 valence electrons. The second-order valence-electron chi connectivity index (χ2n) is 3.40. The molecule has 0 saturated carbocycles. The lowest BCUT2D eigenvalue weighted by atomic mass is 10.2. The second kappa shape index (κ2) is 4.66. The molecular formula is C13H13NO2. The molecule has 3 nitrogen and oxygen atoms in total. The molecule has 0 aliphatic rings. The van der Waals surface area contributed by atoms with Crippen LogP contribution >= 0.6 is 0 Å². The SMILES string of the molecule is COc1c(C)cccc1/N=C/c1ccco1. The number of nitrogens with zero attached hydrogens (tertiary/aromatic N) is 1. The number of para-hydroxylation sites is 1. The number of furan rings is 1. The molecule has 0 radical (unpaired) electrons. The molecule has 0 aliphatic heterocycles. The quantitative estimate of drug-likeness (QED) is 0.736. The Morgan fingerprint density at radius 1 is 1.25 bits per heavy atom. The van der Waals surface area contributed by atoms with E-state index in [0.717, 1.165) is 22.8 Å². The molecule has 0 spiro atoms. The van der Waals surface area contributed by atoms with Gasteiger partial charge in [-0.15, -0.1) is 0 Å². The highest BCUT2D eigenvalue weighted by molar-refractivity contribution is 5.79. The molecule has 0 aliphatic carbocycles. The molecule has 0 saturated heterocycles. The van der Waals surface area contributed by atoms with Crippen LogP contribution in [-0.4, -0.2) is 13.3 Å². The summed E-state index contributed by atoms with van der Waals surface area (Å²) in [5.74, 6) is 1.52. The van der Waals surface area contributed by atoms with Gasteiger partial charge < -0.3 is 9.15 Å². The first-order chi connectivity index (χ1) is 7.81. The number of aryl methyl sites for hydroxylation is 1. The Kier molecular flexibility index (Phi) is 3.05. The van der Waals surface area contributed by atoms with Crippen molar-refractivity contribution >= 4 is 11.9 Å². The summed E-state index contributed by atoms with van der Waals surface area (Å²) < 4.78 is 10.5. The van der Waals surface area contributed by atoms with Gasteiger partial charge in [0, 0.05) is 0 Å². The van der Waals surface area contributed by atoms with Crippen molar-refractivity contribution in [3.63, 3.8) is 0 Å². The summed E-state index contributed by atoms with van der Waals surface area (Å²) >= 11 is 0. The van der Waals surface area contributed by atoms with Gasteiger partial charge in [-0.2, -0.15) is 0 Å². The van der Waals surface area contributed by atoms with Crippen molar-refractivity contribution in [2.24, 2.45) is 4.99 Å². The predicted octanol–water partition coefficient (Wildman–Crippen LogP) is 3.35. The third kappa shape index (κ3) is 2.14. The summed E-state index contributed by atoms with van der Waals surface area (Å²) in [6, 6.07) is 9.53. The molecule has 1 heterocycles. The average molecular weight is 215 g/mol. The maximum absolute atomic E-state index is 5.30. The lowest BCUT2D eigenvalue weighted by Crippen LogP contribution is -1.87. The first kappa shape index (κ1) is 10.5. The second-order valence-corrected chi connectivity index (χ2v) is 3.40. The molecule has 3 heteroatoms. The van der Waals surface area contributed by atoms with Crippen molar-refractivity contribution in [1.29, 1.82) is 0 Å². The zero-order valence-electron chi connectivity index (χ0n) is 9.31. The molecule has 16 heavy (non-hydrogen) atoms. The number of methoxy groups -OCH3 is 1. The van der Waals surface area contributed by atoms with Crippen LogP contribution in [0.5, 0.6) is 5.75 Å². The molecule has 2 aromatic rings. The lowest BCUT2D eigenvalue weighted by molar-refractivity contribution is 0.413. The van der Waals surface area contributed by atoms with Crippen LogP contribution in [0.2, 0.25) is 0 Å². The van der Waals surface area contributed by atoms with Crippen LogP contribution in [0.1, 0.15) is 11.3 Å². The van der Waals surface area contributed by atoms with Gasteiger partial charge in [-0.1, -0.05) is 12.1 Å². The van der Waals surface area contributed by atoms with E-state index in [2.05, 4.69) is 4.99 Å². The summed E-state index contributed by atoms with van der Waals surface area (Å²) in [7, 11) is 1.65. The number of aliphatic imine (C=N–C) groups is 1. The Balaban J connectivity index is 2.31. The van der Waals surface area contributed by atoms with Gasteiger partial charge in [0.15, 0.2) is 0 Å². The summed E-state index contributed by atoms with van der Waals surface area (Å²) in [6.45, 7) is 1.99. The maximum Gasteiger partial charge on any atom is 0.147 e. The molecule has 1 aromatic carbocycles. The van der Waals surface area contributed by atoms with Crippen LogP contribution in [0.4, 0.5) is 5.69 Å². The molecule has 0 N–H and O–H groups in total. The Morgan fingerprint density at radius 3 is 2.81 bits per heavy atom. The molecule has 0 unspecified atom stereocenters. The highest BCUT2D eigenvalue weighted by Gasteiger charge is 2.03. The van der Waals surface area contributed by atoms with E-state index in [4.69, 9.17) is 9.15 Å². The monoisotopic (exact) mass is 215 g/mol. The van der Waals surface area contributed by atoms with Crippen molar-refractivity contribution in [3.8, 4) is 5.75 Å². The predicted molar refractivity (Wildman–Crippen MR) is 63.7 cm³/mol.